The lowest BCUT2D eigenvalue weighted by atomic mass is 9.77. The number of anilines is 1. The van der Waals surface area contributed by atoms with Crippen LogP contribution in [0, 0.1) is 5.92 Å². The van der Waals surface area contributed by atoms with Crippen LogP contribution in [0.25, 0.3) is 0 Å². The van der Waals surface area contributed by atoms with Gasteiger partial charge in [0.15, 0.2) is 0 Å². The Labute approximate surface area is 172 Å². The molecule has 0 spiro atoms. The van der Waals surface area contributed by atoms with Crippen LogP contribution in [0.4, 0.5) is 5.69 Å². The van der Waals surface area contributed by atoms with E-state index < -0.39 is 5.54 Å². The highest BCUT2D eigenvalue weighted by molar-refractivity contribution is 6.27. The molecule has 0 bridgehead atoms. The smallest absolute Gasteiger partial charge is 0.248 e. The van der Waals surface area contributed by atoms with E-state index in [0.717, 1.165) is 57.3 Å². The van der Waals surface area contributed by atoms with Crippen molar-refractivity contribution in [1.82, 2.24) is 10.2 Å². The van der Waals surface area contributed by atoms with Gasteiger partial charge in [0, 0.05) is 31.4 Å². The summed E-state index contributed by atoms with van der Waals surface area (Å²) in [5.74, 6) is 0.443. The lowest BCUT2D eigenvalue weighted by Crippen LogP contribution is -2.58. The van der Waals surface area contributed by atoms with Crippen LogP contribution >= 0.6 is 11.6 Å². The maximum absolute atomic E-state index is 13.5. The summed E-state index contributed by atoms with van der Waals surface area (Å²) < 4.78 is 0. The fourth-order valence-corrected chi connectivity index (χ4v) is 4.37. The number of halogens is 1. The topological polar surface area (TPSA) is 87.5 Å². The number of nitrogens with one attached hydrogen (secondary N) is 2. The SMILES string of the molecule is NC1CCC(Nc2ccccc2)(C(=O)N2CCC(CNC(=O)CCl)CC2)CC1. The molecule has 1 saturated carbocycles. The van der Waals surface area contributed by atoms with Crippen LogP contribution in [-0.2, 0) is 9.59 Å². The molecule has 4 N–H and O–H groups in total. The molecule has 0 atom stereocenters. The van der Waals surface area contributed by atoms with Gasteiger partial charge in [-0.2, -0.15) is 0 Å². The molecule has 7 heteroatoms. The summed E-state index contributed by atoms with van der Waals surface area (Å²) in [6.07, 6.45) is 5.02. The van der Waals surface area contributed by atoms with Gasteiger partial charge in [-0.15, -0.1) is 11.6 Å². The summed E-state index contributed by atoms with van der Waals surface area (Å²) in [6.45, 7) is 2.09. The Bertz CT molecular complexity index is 654. The van der Waals surface area contributed by atoms with Gasteiger partial charge in [0.25, 0.3) is 0 Å². The number of carbonyl (C=O) groups is 2. The van der Waals surface area contributed by atoms with Crippen LogP contribution in [0.3, 0.4) is 0 Å². The predicted molar refractivity (Wildman–Crippen MR) is 112 cm³/mol. The van der Waals surface area contributed by atoms with Crippen molar-refractivity contribution in [1.29, 1.82) is 0 Å². The first-order valence-corrected chi connectivity index (χ1v) is 10.8. The number of hydrogen-bond acceptors (Lipinski definition) is 4. The number of hydrogen-bond donors (Lipinski definition) is 3. The molecule has 28 heavy (non-hydrogen) atoms. The molecule has 6 nitrogen and oxygen atoms in total. The van der Waals surface area contributed by atoms with Gasteiger partial charge in [-0.1, -0.05) is 18.2 Å². The molecule has 1 aromatic carbocycles. The molecule has 1 aliphatic heterocycles. The van der Waals surface area contributed by atoms with Crippen molar-refractivity contribution < 1.29 is 9.59 Å². The largest absolute Gasteiger partial charge is 0.371 e. The van der Waals surface area contributed by atoms with Crippen LogP contribution in [0.2, 0.25) is 0 Å². The van der Waals surface area contributed by atoms with Crippen molar-refractivity contribution in [3.63, 3.8) is 0 Å². The monoisotopic (exact) mass is 406 g/mol. The first-order valence-electron chi connectivity index (χ1n) is 10.2. The number of nitrogens with two attached hydrogens (primary N) is 1. The zero-order valence-corrected chi connectivity index (χ0v) is 17.1. The molecule has 1 heterocycles. The van der Waals surface area contributed by atoms with Crippen molar-refractivity contribution in [3.8, 4) is 0 Å². The summed E-state index contributed by atoms with van der Waals surface area (Å²) in [4.78, 5) is 26.9. The second kappa shape index (κ2) is 9.61. The summed E-state index contributed by atoms with van der Waals surface area (Å²) in [6, 6.07) is 10.1. The van der Waals surface area contributed by atoms with Gasteiger partial charge in [0.05, 0.1) is 0 Å². The van der Waals surface area contributed by atoms with Crippen LogP contribution in [0.1, 0.15) is 38.5 Å². The Hall–Kier alpha value is -1.79. The van der Waals surface area contributed by atoms with Gasteiger partial charge in [-0.05, 0) is 56.6 Å². The van der Waals surface area contributed by atoms with E-state index >= 15 is 0 Å². The standard InChI is InChI=1S/C21H31ClN4O2/c22-14-19(27)24-15-16-8-12-26(13-9-16)20(28)21(10-6-17(23)7-11-21)25-18-4-2-1-3-5-18/h1-5,16-17,25H,6-15,23H2,(H,24,27). The number of carbonyl (C=O) groups excluding carboxylic acids is 2. The first-order chi connectivity index (χ1) is 13.5. The third kappa shape index (κ3) is 5.17. The van der Waals surface area contributed by atoms with E-state index in [4.69, 9.17) is 17.3 Å². The molecule has 2 amide bonds. The third-order valence-electron chi connectivity index (χ3n) is 6.06. The van der Waals surface area contributed by atoms with E-state index in [1.165, 1.54) is 0 Å². The second-order valence-electron chi connectivity index (χ2n) is 8.08. The normalized spacial score (nSPS) is 25.9. The van der Waals surface area contributed by atoms with E-state index in [9.17, 15) is 9.59 Å². The van der Waals surface area contributed by atoms with Gasteiger partial charge in [0.1, 0.15) is 11.4 Å². The molecule has 0 radical (unpaired) electrons. The molecule has 154 valence electrons. The molecule has 1 aromatic rings. The lowest BCUT2D eigenvalue weighted by molar-refractivity contribution is -0.138. The van der Waals surface area contributed by atoms with Crippen molar-refractivity contribution in [2.45, 2.75) is 50.1 Å². The summed E-state index contributed by atoms with van der Waals surface area (Å²) in [5.41, 5.74) is 6.52. The zero-order chi connectivity index (χ0) is 20.0. The van der Waals surface area contributed by atoms with E-state index in [1.807, 2.05) is 35.2 Å². The number of piperidine rings is 1. The molecular formula is C21H31ClN4O2. The maximum atomic E-state index is 13.5. The number of rotatable bonds is 6. The lowest BCUT2D eigenvalue weighted by Gasteiger charge is -2.44. The minimum atomic E-state index is -0.573. The maximum Gasteiger partial charge on any atom is 0.248 e. The van der Waals surface area contributed by atoms with Crippen molar-refractivity contribution >= 4 is 29.1 Å². The summed E-state index contributed by atoms with van der Waals surface area (Å²) in [5, 5.41) is 6.41. The highest BCUT2D eigenvalue weighted by Crippen LogP contribution is 2.34. The van der Waals surface area contributed by atoms with E-state index in [1.54, 1.807) is 0 Å². The van der Waals surface area contributed by atoms with Crippen LogP contribution in [-0.4, -0.2) is 53.8 Å². The number of nitrogens with zero attached hydrogens (tertiary/aromatic N) is 1. The van der Waals surface area contributed by atoms with Crippen molar-refractivity contribution in [2.24, 2.45) is 11.7 Å². The van der Waals surface area contributed by atoms with Crippen LogP contribution < -0.4 is 16.4 Å². The fourth-order valence-electron chi connectivity index (χ4n) is 4.27. The molecule has 1 saturated heterocycles. The quantitative estimate of drug-likeness (QED) is 0.633. The fraction of sp³-hybridized carbons (Fsp3) is 0.619. The van der Waals surface area contributed by atoms with Gasteiger partial charge in [-0.25, -0.2) is 0 Å². The Morgan fingerprint density at radius 3 is 2.36 bits per heavy atom. The van der Waals surface area contributed by atoms with E-state index in [-0.39, 0.29) is 23.7 Å². The average Bonchev–Trinajstić information content (AvgIpc) is 2.74. The predicted octanol–water partition coefficient (Wildman–Crippen LogP) is 2.33. The van der Waals surface area contributed by atoms with E-state index in [0.29, 0.717) is 12.5 Å². The number of likely N-dealkylation sites (tertiary alicyclic amines) is 1. The minimum Gasteiger partial charge on any atom is -0.371 e. The average molecular weight is 407 g/mol. The Kier molecular flexibility index (Phi) is 7.18. The van der Waals surface area contributed by atoms with Gasteiger partial charge in [-0.3, -0.25) is 9.59 Å². The van der Waals surface area contributed by atoms with Gasteiger partial charge >= 0.3 is 0 Å². The molecule has 2 aliphatic rings. The minimum absolute atomic E-state index is 0.00680. The van der Waals surface area contributed by atoms with Crippen molar-refractivity contribution in [2.75, 3.05) is 30.8 Å². The number of amides is 2. The molecular weight excluding hydrogens is 376 g/mol. The molecule has 2 fully saturated rings. The van der Waals surface area contributed by atoms with Crippen LogP contribution in [0.5, 0.6) is 0 Å². The van der Waals surface area contributed by atoms with Crippen LogP contribution in [0.15, 0.2) is 30.3 Å². The highest BCUT2D eigenvalue weighted by atomic mass is 35.5. The first kappa shape index (κ1) is 20.9. The number of para-hydroxylation sites is 1. The summed E-state index contributed by atoms with van der Waals surface area (Å²) >= 11 is 5.53. The Morgan fingerprint density at radius 2 is 1.75 bits per heavy atom. The second-order valence-corrected chi connectivity index (χ2v) is 8.35. The highest BCUT2D eigenvalue weighted by Gasteiger charge is 2.44. The summed E-state index contributed by atoms with van der Waals surface area (Å²) in [7, 11) is 0. The Balaban J connectivity index is 1.63. The van der Waals surface area contributed by atoms with E-state index in [2.05, 4.69) is 10.6 Å². The third-order valence-corrected chi connectivity index (χ3v) is 6.30. The Morgan fingerprint density at radius 1 is 1.11 bits per heavy atom. The molecule has 0 unspecified atom stereocenters. The molecule has 0 aromatic heterocycles. The molecule has 3 rings (SSSR count). The molecule has 1 aliphatic carbocycles. The van der Waals surface area contributed by atoms with Crippen molar-refractivity contribution in [3.05, 3.63) is 30.3 Å². The van der Waals surface area contributed by atoms with Gasteiger partial charge in [0.2, 0.25) is 11.8 Å². The van der Waals surface area contributed by atoms with Gasteiger partial charge < -0.3 is 21.3 Å². The number of alkyl halides is 1. The number of benzene rings is 1. The zero-order valence-electron chi connectivity index (χ0n) is 16.3.